The number of nitrogens with one attached hydrogen (secondary N) is 1. The van der Waals surface area contributed by atoms with Crippen LogP contribution in [0.1, 0.15) is 64.2 Å². The van der Waals surface area contributed by atoms with E-state index in [-0.39, 0.29) is 0 Å². The second-order valence-electron chi connectivity index (χ2n) is 7.74. The van der Waals surface area contributed by atoms with Gasteiger partial charge in [0, 0.05) is 16.6 Å². The summed E-state index contributed by atoms with van der Waals surface area (Å²) < 4.78 is 20.2. The monoisotopic (exact) mass is 373 g/mol. The van der Waals surface area contributed by atoms with Gasteiger partial charge in [0.1, 0.15) is 12.9 Å². The Morgan fingerprint density at radius 1 is 1.08 bits per heavy atom. The van der Waals surface area contributed by atoms with Crippen LogP contribution < -0.4 is 15.4 Å². The number of methoxy groups -OCH3 is 1. The van der Waals surface area contributed by atoms with Gasteiger partial charge < -0.3 is 14.6 Å². The molecule has 0 atom stereocenters. The molecule has 1 aromatic carbocycles. The van der Waals surface area contributed by atoms with Gasteiger partial charge in [-0.3, -0.25) is 0 Å². The van der Waals surface area contributed by atoms with E-state index >= 15 is 0 Å². The van der Waals surface area contributed by atoms with Crippen molar-refractivity contribution in [3.8, 4) is 18.1 Å². The maximum atomic E-state index is 14.6. The van der Waals surface area contributed by atoms with E-state index in [0.717, 1.165) is 42.4 Å². The molecule has 4 heteroatoms. The van der Waals surface area contributed by atoms with E-state index in [2.05, 4.69) is 17.3 Å². The highest BCUT2D eigenvalue weighted by atomic mass is 31.2. The summed E-state index contributed by atoms with van der Waals surface area (Å²) in [5, 5.41) is 4.23. The Kier molecular flexibility index (Phi) is 6.71. The van der Waals surface area contributed by atoms with Gasteiger partial charge in [0.05, 0.1) is 19.3 Å². The molecule has 1 N–H and O–H groups in total. The van der Waals surface area contributed by atoms with Gasteiger partial charge >= 0.3 is 0 Å². The Morgan fingerprint density at radius 2 is 1.65 bits per heavy atom. The SMILES string of the molecule is C#CCNc1ccc(P(=O)(C2CCCCC2)C2CCCCC2)cc1OC. The highest BCUT2D eigenvalue weighted by Crippen LogP contribution is 2.62. The third-order valence-electron chi connectivity index (χ3n) is 6.20. The molecule has 2 aliphatic carbocycles. The molecule has 3 nitrogen and oxygen atoms in total. The fourth-order valence-corrected chi connectivity index (χ4v) is 9.17. The number of hydrogen-bond donors (Lipinski definition) is 1. The second-order valence-corrected chi connectivity index (χ2v) is 11.1. The molecule has 0 unspecified atom stereocenters. The van der Waals surface area contributed by atoms with Gasteiger partial charge in [0.15, 0.2) is 0 Å². The van der Waals surface area contributed by atoms with E-state index in [9.17, 15) is 4.57 Å². The summed E-state index contributed by atoms with van der Waals surface area (Å²) in [6.07, 6.45) is 17.3. The Hall–Kier alpha value is -1.39. The molecule has 0 spiro atoms. The molecular weight excluding hydrogens is 341 g/mol. The van der Waals surface area contributed by atoms with E-state index in [1.165, 1.54) is 38.5 Å². The average molecular weight is 373 g/mol. The van der Waals surface area contributed by atoms with Crippen molar-refractivity contribution in [3.63, 3.8) is 0 Å². The van der Waals surface area contributed by atoms with Crippen molar-refractivity contribution in [1.29, 1.82) is 0 Å². The van der Waals surface area contributed by atoms with Crippen LogP contribution in [0.25, 0.3) is 0 Å². The molecule has 2 saturated carbocycles. The quantitative estimate of drug-likeness (QED) is 0.536. The van der Waals surface area contributed by atoms with Crippen LogP contribution in [0.2, 0.25) is 0 Å². The number of rotatable bonds is 6. The third-order valence-corrected chi connectivity index (χ3v) is 10.5. The molecule has 2 fully saturated rings. The minimum atomic E-state index is -2.46. The van der Waals surface area contributed by atoms with E-state index in [1.807, 2.05) is 12.1 Å². The van der Waals surface area contributed by atoms with Crippen molar-refractivity contribution < 1.29 is 9.30 Å². The Morgan fingerprint density at radius 3 is 2.15 bits per heavy atom. The first kappa shape index (κ1) is 19.4. The molecule has 0 amide bonds. The first-order chi connectivity index (χ1) is 12.7. The standard InChI is InChI=1S/C22H32NO2P/c1-3-16-23-21-15-14-20(17-22(21)25-2)26(24,18-10-6-4-7-11-18)19-12-8-5-9-13-19/h1,14-15,17-19,23H,4-13,16H2,2H3. The predicted octanol–water partition coefficient (Wildman–Crippen LogP) is 5.39. The summed E-state index contributed by atoms with van der Waals surface area (Å²) in [5.41, 5.74) is 1.59. The molecule has 0 aromatic heterocycles. The lowest BCUT2D eigenvalue weighted by atomic mass is 9.99. The first-order valence-corrected chi connectivity index (χ1v) is 12.0. The lowest BCUT2D eigenvalue weighted by Crippen LogP contribution is -2.29. The van der Waals surface area contributed by atoms with Crippen molar-refractivity contribution in [2.24, 2.45) is 0 Å². The fraction of sp³-hybridized carbons (Fsp3) is 0.636. The smallest absolute Gasteiger partial charge is 0.142 e. The lowest BCUT2D eigenvalue weighted by Gasteiger charge is -2.38. The number of terminal acetylenes is 1. The predicted molar refractivity (Wildman–Crippen MR) is 111 cm³/mol. The topological polar surface area (TPSA) is 38.3 Å². The maximum Gasteiger partial charge on any atom is 0.142 e. The zero-order valence-corrected chi connectivity index (χ0v) is 16.9. The molecule has 0 aliphatic heterocycles. The molecule has 0 heterocycles. The highest BCUT2D eigenvalue weighted by Gasteiger charge is 2.42. The Bertz CT molecular complexity index is 660. The summed E-state index contributed by atoms with van der Waals surface area (Å²) in [4.78, 5) is 0. The van der Waals surface area contributed by atoms with Gasteiger partial charge in [-0.15, -0.1) is 6.42 Å². The molecule has 3 rings (SSSR count). The van der Waals surface area contributed by atoms with Crippen molar-refractivity contribution in [2.75, 3.05) is 19.0 Å². The zero-order valence-electron chi connectivity index (χ0n) is 16.0. The normalized spacial score (nSPS) is 19.7. The Labute approximate surface area is 158 Å². The van der Waals surface area contributed by atoms with Gasteiger partial charge in [0.2, 0.25) is 0 Å². The van der Waals surface area contributed by atoms with Crippen LogP contribution in [-0.4, -0.2) is 25.0 Å². The molecule has 0 radical (unpaired) electrons. The zero-order chi connectivity index (χ0) is 18.4. The van der Waals surface area contributed by atoms with Crippen molar-refractivity contribution in [2.45, 2.75) is 75.5 Å². The summed E-state index contributed by atoms with van der Waals surface area (Å²) >= 11 is 0. The van der Waals surface area contributed by atoms with Crippen molar-refractivity contribution >= 4 is 18.1 Å². The van der Waals surface area contributed by atoms with E-state index < -0.39 is 7.14 Å². The van der Waals surface area contributed by atoms with Gasteiger partial charge in [-0.25, -0.2) is 0 Å². The van der Waals surface area contributed by atoms with Crippen LogP contribution in [0.15, 0.2) is 18.2 Å². The van der Waals surface area contributed by atoms with Crippen molar-refractivity contribution in [3.05, 3.63) is 18.2 Å². The van der Waals surface area contributed by atoms with Crippen LogP contribution in [0.3, 0.4) is 0 Å². The summed E-state index contributed by atoms with van der Waals surface area (Å²) in [5.74, 6) is 3.35. The molecule has 0 saturated heterocycles. The van der Waals surface area contributed by atoms with Crippen LogP contribution in [0.4, 0.5) is 5.69 Å². The van der Waals surface area contributed by atoms with Gasteiger partial charge in [0.25, 0.3) is 0 Å². The number of ether oxygens (including phenoxy) is 1. The Balaban J connectivity index is 1.98. The highest BCUT2D eigenvalue weighted by molar-refractivity contribution is 7.73. The maximum absolute atomic E-state index is 14.6. The molecule has 0 bridgehead atoms. The van der Waals surface area contributed by atoms with E-state index in [1.54, 1.807) is 7.11 Å². The number of anilines is 1. The minimum Gasteiger partial charge on any atom is -0.495 e. The van der Waals surface area contributed by atoms with Crippen LogP contribution in [0, 0.1) is 12.3 Å². The van der Waals surface area contributed by atoms with Crippen molar-refractivity contribution in [1.82, 2.24) is 0 Å². The lowest BCUT2D eigenvalue weighted by molar-refractivity contribution is 0.416. The van der Waals surface area contributed by atoms with Gasteiger partial charge in [-0.2, -0.15) is 0 Å². The minimum absolute atomic E-state index is 0.355. The van der Waals surface area contributed by atoms with Gasteiger partial charge in [-0.05, 0) is 43.9 Å². The third kappa shape index (κ3) is 3.96. The van der Waals surface area contributed by atoms with Crippen LogP contribution in [0.5, 0.6) is 5.75 Å². The molecule has 2 aliphatic rings. The largest absolute Gasteiger partial charge is 0.495 e. The molecule has 26 heavy (non-hydrogen) atoms. The first-order valence-electron chi connectivity index (χ1n) is 10.2. The average Bonchev–Trinajstić information content (AvgIpc) is 2.72. The summed E-state index contributed by atoms with van der Waals surface area (Å²) in [7, 11) is -0.784. The second kappa shape index (κ2) is 9.01. The molecule has 142 valence electrons. The van der Waals surface area contributed by atoms with Crippen LogP contribution in [-0.2, 0) is 4.57 Å². The van der Waals surface area contributed by atoms with Gasteiger partial charge in [-0.1, -0.05) is 44.4 Å². The van der Waals surface area contributed by atoms with E-state index in [4.69, 9.17) is 11.2 Å². The number of hydrogen-bond acceptors (Lipinski definition) is 3. The van der Waals surface area contributed by atoms with Crippen LogP contribution >= 0.6 is 7.14 Å². The summed E-state index contributed by atoms with van der Waals surface area (Å²) in [6, 6.07) is 6.11. The molecule has 1 aromatic rings. The van der Waals surface area contributed by atoms with E-state index in [0.29, 0.717) is 17.9 Å². The molecular formula is C22H32NO2P. The summed E-state index contributed by atoms with van der Waals surface area (Å²) in [6.45, 7) is 0.457. The fourth-order valence-electron chi connectivity index (χ4n) is 4.84. The number of benzene rings is 1.